The van der Waals surface area contributed by atoms with E-state index in [-0.39, 0.29) is 11.6 Å². The molecule has 2 aromatic rings. The van der Waals surface area contributed by atoms with E-state index in [0.717, 1.165) is 24.9 Å². The van der Waals surface area contributed by atoms with E-state index < -0.39 is 11.7 Å². The maximum absolute atomic E-state index is 12.7. The van der Waals surface area contributed by atoms with Crippen molar-refractivity contribution in [3.05, 3.63) is 34.1 Å². The molecule has 2 N–H and O–H groups in total. The SMILES string of the molecule is CC.Cc1cccc2c(=O)n(C)c(NC3CCCN(NC(=O)OC(C)(C)C)C3)nc12. The van der Waals surface area contributed by atoms with Gasteiger partial charge in [0.15, 0.2) is 0 Å². The summed E-state index contributed by atoms with van der Waals surface area (Å²) in [6.45, 7) is 12.8. The number of para-hydroxylation sites is 1. The number of benzene rings is 1. The zero-order chi connectivity index (χ0) is 22.5. The van der Waals surface area contributed by atoms with Crippen LogP contribution in [0.25, 0.3) is 10.9 Å². The quantitative estimate of drug-likeness (QED) is 0.794. The van der Waals surface area contributed by atoms with Crippen molar-refractivity contribution in [2.24, 2.45) is 7.05 Å². The minimum absolute atomic E-state index is 0.0586. The number of hydrogen-bond acceptors (Lipinski definition) is 6. The summed E-state index contributed by atoms with van der Waals surface area (Å²) in [5.74, 6) is 0.538. The number of hydrogen-bond donors (Lipinski definition) is 2. The Bertz CT molecular complexity index is 933. The second-order valence-electron chi connectivity index (χ2n) is 8.31. The molecule has 166 valence electrons. The molecule has 0 spiro atoms. The summed E-state index contributed by atoms with van der Waals surface area (Å²) in [6, 6.07) is 5.68. The van der Waals surface area contributed by atoms with Crippen molar-refractivity contribution in [2.45, 2.75) is 66.0 Å². The highest BCUT2D eigenvalue weighted by atomic mass is 16.6. The summed E-state index contributed by atoms with van der Waals surface area (Å²) >= 11 is 0. The van der Waals surface area contributed by atoms with Crippen molar-refractivity contribution in [3.63, 3.8) is 0 Å². The topological polar surface area (TPSA) is 88.5 Å². The maximum atomic E-state index is 12.7. The van der Waals surface area contributed by atoms with Crippen LogP contribution in [-0.4, -0.2) is 45.4 Å². The number of rotatable bonds is 3. The first kappa shape index (κ1) is 23.7. The van der Waals surface area contributed by atoms with Gasteiger partial charge in [0, 0.05) is 26.2 Å². The summed E-state index contributed by atoms with van der Waals surface area (Å²) in [4.78, 5) is 29.4. The smallest absolute Gasteiger partial charge is 0.422 e. The van der Waals surface area contributed by atoms with Crippen LogP contribution in [0.3, 0.4) is 0 Å². The number of hydrazine groups is 1. The van der Waals surface area contributed by atoms with E-state index >= 15 is 0 Å². The van der Waals surface area contributed by atoms with E-state index in [1.165, 1.54) is 0 Å². The molecule has 1 aromatic heterocycles. The third-order valence-electron chi connectivity index (χ3n) is 4.71. The highest BCUT2D eigenvalue weighted by Gasteiger charge is 2.24. The van der Waals surface area contributed by atoms with Crippen molar-refractivity contribution in [3.8, 4) is 0 Å². The van der Waals surface area contributed by atoms with Gasteiger partial charge in [0.2, 0.25) is 5.95 Å². The summed E-state index contributed by atoms with van der Waals surface area (Å²) < 4.78 is 6.86. The van der Waals surface area contributed by atoms with Crippen LogP contribution in [-0.2, 0) is 11.8 Å². The lowest BCUT2D eigenvalue weighted by molar-refractivity contribution is 0.0289. The van der Waals surface area contributed by atoms with Gasteiger partial charge >= 0.3 is 6.09 Å². The second kappa shape index (κ2) is 9.93. The van der Waals surface area contributed by atoms with E-state index in [4.69, 9.17) is 4.74 Å². The molecule has 0 radical (unpaired) electrons. The molecule has 1 aromatic carbocycles. The van der Waals surface area contributed by atoms with E-state index in [1.807, 2.05) is 58.7 Å². The minimum atomic E-state index is -0.539. The normalized spacial score (nSPS) is 17.1. The van der Waals surface area contributed by atoms with Gasteiger partial charge in [0.25, 0.3) is 5.56 Å². The number of carbonyl (C=O) groups is 1. The lowest BCUT2D eigenvalue weighted by Gasteiger charge is -2.34. The van der Waals surface area contributed by atoms with E-state index in [2.05, 4.69) is 15.7 Å². The molecule has 8 heteroatoms. The zero-order valence-electron chi connectivity index (χ0n) is 19.2. The standard InChI is InChI=1S/C20H29N5O3.C2H6/c1-13-8-6-10-15-16(13)22-18(24(5)17(15)26)21-14-9-7-11-25(12-14)23-19(27)28-20(2,3)4;1-2/h6,8,10,14H,7,9,11-12H2,1-5H3,(H,21,22)(H,23,27);1-2H3. The molecule has 1 aliphatic rings. The third kappa shape index (κ3) is 5.95. The molecular formula is C22H35N5O3. The Morgan fingerprint density at radius 2 is 1.97 bits per heavy atom. The highest BCUT2D eigenvalue weighted by Crippen LogP contribution is 2.18. The molecule has 0 aliphatic carbocycles. The van der Waals surface area contributed by atoms with Crippen LogP contribution in [0, 0.1) is 6.92 Å². The van der Waals surface area contributed by atoms with Gasteiger partial charge < -0.3 is 10.1 Å². The summed E-state index contributed by atoms with van der Waals surface area (Å²) in [5, 5.41) is 5.84. The number of piperidine rings is 1. The Morgan fingerprint density at radius 1 is 1.27 bits per heavy atom. The molecular weight excluding hydrogens is 382 g/mol. The van der Waals surface area contributed by atoms with Gasteiger partial charge in [-0.1, -0.05) is 26.0 Å². The average Bonchev–Trinajstić information content (AvgIpc) is 2.67. The van der Waals surface area contributed by atoms with Gasteiger partial charge in [0.1, 0.15) is 5.60 Å². The van der Waals surface area contributed by atoms with E-state index in [9.17, 15) is 9.59 Å². The first-order valence-corrected chi connectivity index (χ1v) is 10.6. The number of nitrogens with one attached hydrogen (secondary N) is 2. The van der Waals surface area contributed by atoms with Crippen LogP contribution >= 0.6 is 0 Å². The van der Waals surface area contributed by atoms with Gasteiger partial charge in [-0.05, 0) is 52.2 Å². The number of aryl methyl sites for hydroxylation is 1. The highest BCUT2D eigenvalue weighted by molar-refractivity contribution is 5.81. The fourth-order valence-corrected chi connectivity index (χ4v) is 3.38. The van der Waals surface area contributed by atoms with Crippen LogP contribution in [0.2, 0.25) is 0 Å². The number of carbonyl (C=O) groups excluding carboxylic acids is 1. The molecule has 1 amide bonds. The van der Waals surface area contributed by atoms with Gasteiger partial charge in [0.05, 0.1) is 10.9 Å². The van der Waals surface area contributed by atoms with Crippen LogP contribution in [0.4, 0.5) is 10.7 Å². The Hall–Kier alpha value is -2.61. The zero-order valence-corrected chi connectivity index (χ0v) is 19.2. The van der Waals surface area contributed by atoms with Gasteiger partial charge in [-0.15, -0.1) is 0 Å². The van der Waals surface area contributed by atoms with Crippen LogP contribution in [0.1, 0.15) is 53.0 Å². The fourth-order valence-electron chi connectivity index (χ4n) is 3.38. The van der Waals surface area contributed by atoms with Crippen molar-refractivity contribution in [1.82, 2.24) is 20.0 Å². The van der Waals surface area contributed by atoms with E-state index in [0.29, 0.717) is 23.4 Å². The predicted molar refractivity (Wildman–Crippen MR) is 121 cm³/mol. The number of nitrogens with zero attached hydrogens (tertiary/aromatic N) is 3. The lowest BCUT2D eigenvalue weighted by atomic mass is 10.1. The van der Waals surface area contributed by atoms with Gasteiger partial charge in [-0.25, -0.2) is 14.8 Å². The molecule has 1 aliphatic heterocycles. The molecule has 30 heavy (non-hydrogen) atoms. The fraction of sp³-hybridized carbons (Fsp3) is 0.591. The molecule has 1 unspecified atom stereocenters. The average molecular weight is 418 g/mol. The molecule has 1 atom stereocenters. The van der Waals surface area contributed by atoms with Gasteiger partial charge in [-0.3, -0.25) is 14.8 Å². The van der Waals surface area contributed by atoms with Crippen molar-refractivity contribution >= 4 is 22.9 Å². The molecule has 1 fully saturated rings. The maximum Gasteiger partial charge on any atom is 0.422 e. The number of aromatic nitrogens is 2. The second-order valence-corrected chi connectivity index (χ2v) is 8.31. The molecule has 8 nitrogen and oxygen atoms in total. The minimum Gasteiger partial charge on any atom is -0.443 e. The molecule has 3 rings (SSSR count). The lowest BCUT2D eigenvalue weighted by Crippen LogP contribution is -2.52. The number of anilines is 1. The molecule has 1 saturated heterocycles. The Balaban J connectivity index is 0.00000155. The third-order valence-corrected chi connectivity index (χ3v) is 4.71. The largest absolute Gasteiger partial charge is 0.443 e. The Labute approximate surface area is 178 Å². The summed E-state index contributed by atoms with van der Waals surface area (Å²) in [5.41, 5.74) is 3.87. The molecule has 0 bridgehead atoms. The Morgan fingerprint density at radius 3 is 2.63 bits per heavy atom. The van der Waals surface area contributed by atoms with Gasteiger partial charge in [-0.2, -0.15) is 0 Å². The summed E-state index contributed by atoms with van der Waals surface area (Å²) in [7, 11) is 1.72. The summed E-state index contributed by atoms with van der Waals surface area (Å²) in [6.07, 6.45) is 1.38. The van der Waals surface area contributed by atoms with Crippen molar-refractivity contribution in [2.75, 3.05) is 18.4 Å². The number of ether oxygens (including phenoxy) is 1. The molecule has 0 saturated carbocycles. The van der Waals surface area contributed by atoms with Crippen LogP contribution in [0.15, 0.2) is 23.0 Å². The van der Waals surface area contributed by atoms with Crippen molar-refractivity contribution < 1.29 is 9.53 Å². The Kier molecular flexibility index (Phi) is 7.83. The van der Waals surface area contributed by atoms with Crippen molar-refractivity contribution in [1.29, 1.82) is 0 Å². The van der Waals surface area contributed by atoms with Crippen LogP contribution < -0.4 is 16.3 Å². The predicted octanol–water partition coefficient (Wildman–Crippen LogP) is 3.58. The van der Waals surface area contributed by atoms with Crippen LogP contribution in [0.5, 0.6) is 0 Å². The number of fused-ring (bicyclic) bond motifs is 1. The number of amides is 1. The first-order valence-electron chi connectivity index (χ1n) is 10.6. The molecule has 2 heterocycles. The first-order chi connectivity index (χ1) is 14.1. The van der Waals surface area contributed by atoms with E-state index in [1.54, 1.807) is 17.7 Å². The monoisotopic (exact) mass is 417 g/mol.